The van der Waals surface area contributed by atoms with E-state index >= 15 is 0 Å². The van der Waals surface area contributed by atoms with Gasteiger partial charge in [-0.05, 0) is 35.1 Å². The lowest BCUT2D eigenvalue weighted by Crippen LogP contribution is -2.41. The molecule has 0 saturated carbocycles. The molecule has 1 atom stereocenters. The first-order valence-corrected chi connectivity index (χ1v) is 11.1. The maximum atomic E-state index is 13.1. The van der Waals surface area contributed by atoms with Crippen molar-refractivity contribution in [1.82, 2.24) is 14.7 Å². The first-order valence-electron chi connectivity index (χ1n) is 11.1. The number of ether oxygens (including phenoxy) is 1. The number of carbonyl (C=O) groups excluding carboxylic acids is 2. The molecule has 9 heteroatoms. The van der Waals surface area contributed by atoms with E-state index in [-0.39, 0.29) is 23.9 Å². The maximum absolute atomic E-state index is 13.1. The van der Waals surface area contributed by atoms with E-state index < -0.39 is 24.0 Å². The van der Waals surface area contributed by atoms with Crippen molar-refractivity contribution in [2.45, 2.75) is 24.8 Å². The van der Waals surface area contributed by atoms with E-state index in [2.05, 4.69) is 22.5 Å². The lowest BCUT2D eigenvalue weighted by molar-refractivity contribution is -0.141. The summed E-state index contributed by atoms with van der Waals surface area (Å²) in [6.45, 7) is 0.474. The van der Waals surface area contributed by atoms with Crippen LogP contribution >= 0.6 is 0 Å². The lowest BCUT2D eigenvalue weighted by Gasteiger charge is -2.22. The number of benzene rings is 2. The largest absolute Gasteiger partial charge is 0.480 e. The SMILES string of the molecule is Cn1ncc(NC(=O)OCC2c3ccccc3-c3ccccc32)c1C(=O)N1CCC[C@H]1C(=O)O. The van der Waals surface area contributed by atoms with Crippen molar-refractivity contribution in [3.05, 3.63) is 71.5 Å². The molecule has 2 amide bonds. The Morgan fingerprint density at radius 1 is 1.09 bits per heavy atom. The second-order valence-electron chi connectivity index (χ2n) is 8.48. The molecule has 2 N–H and O–H groups in total. The smallest absolute Gasteiger partial charge is 0.411 e. The van der Waals surface area contributed by atoms with Crippen molar-refractivity contribution in [2.24, 2.45) is 7.05 Å². The van der Waals surface area contributed by atoms with Gasteiger partial charge in [-0.1, -0.05) is 48.5 Å². The van der Waals surface area contributed by atoms with E-state index in [1.807, 2.05) is 36.4 Å². The van der Waals surface area contributed by atoms with Crippen LogP contribution in [-0.2, 0) is 16.6 Å². The molecule has 1 aliphatic heterocycles. The van der Waals surface area contributed by atoms with Crippen molar-refractivity contribution in [3.63, 3.8) is 0 Å². The summed E-state index contributed by atoms with van der Waals surface area (Å²) in [7, 11) is 1.57. The summed E-state index contributed by atoms with van der Waals surface area (Å²) in [5.74, 6) is -1.62. The lowest BCUT2D eigenvalue weighted by atomic mass is 9.98. The molecular weight excluding hydrogens is 436 g/mol. The molecule has 174 valence electrons. The Labute approximate surface area is 195 Å². The number of aliphatic carboxylic acids is 1. The topological polar surface area (TPSA) is 114 Å². The third-order valence-electron chi connectivity index (χ3n) is 6.52. The second kappa shape index (κ2) is 8.66. The number of carbonyl (C=O) groups is 3. The molecule has 0 bridgehead atoms. The molecule has 9 nitrogen and oxygen atoms in total. The van der Waals surface area contributed by atoms with Gasteiger partial charge in [0, 0.05) is 19.5 Å². The number of anilines is 1. The number of carboxylic acids is 1. The highest BCUT2D eigenvalue weighted by Gasteiger charge is 2.37. The van der Waals surface area contributed by atoms with E-state index in [1.54, 1.807) is 7.05 Å². The van der Waals surface area contributed by atoms with Gasteiger partial charge in [0.2, 0.25) is 0 Å². The summed E-state index contributed by atoms with van der Waals surface area (Å²) in [4.78, 5) is 38.6. The van der Waals surface area contributed by atoms with Gasteiger partial charge in [-0.3, -0.25) is 14.8 Å². The summed E-state index contributed by atoms with van der Waals surface area (Å²) < 4.78 is 6.90. The van der Waals surface area contributed by atoms with Gasteiger partial charge in [0.1, 0.15) is 18.3 Å². The molecule has 2 aromatic carbocycles. The first-order chi connectivity index (χ1) is 16.5. The number of nitrogens with zero attached hydrogens (tertiary/aromatic N) is 3. The van der Waals surface area contributed by atoms with Crippen molar-refractivity contribution in [1.29, 1.82) is 0 Å². The van der Waals surface area contributed by atoms with Crippen LogP contribution in [0.15, 0.2) is 54.7 Å². The Balaban J connectivity index is 1.30. The van der Waals surface area contributed by atoms with E-state index in [0.717, 1.165) is 22.3 Å². The fourth-order valence-electron chi connectivity index (χ4n) is 4.93. The summed E-state index contributed by atoms with van der Waals surface area (Å²) in [6, 6.07) is 15.2. The number of hydrogen-bond acceptors (Lipinski definition) is 5. The van der Waals surface area contributed by atoms with Crippen LogP contribution in [0, 0.1) is 0 Å². The van der Waals surface area contributed by atoms with E-state index in [4.69, 9.17) is 4.74 Å². The van der Waals surface area contributed by atoms with Crippen molar-refractivity contribution in [3.8, 4) is 11.1 Å². The predicted molar refractivity (Wildman–Crippen MR) is 124 cm³/mol. The van der Waals surface area contributed by atoms with Crippen molar-refractivity contribution in [2.75, 3.05) is 18.5 Å². The molecule has 0 unspecified atom stereocenters. The number of aromatic nitrogens is 2. The number of fused-ring (bicyclic) bond motifs is 3. The Kier molecular flexibility index (Phi) is 5.53. The van der Waals surface area contributed by atoms with E-state index in [9.17, 15) is 19.5 Å². The highest BCUT2D eigenvalue weighted by Crippen LogP contribution is 2.44. The number of rotatable bonds is 5. The molecule has 0 radical (unpaired) electrons. The van der Waals surface area contributed by atoms with Crippen molar-refractivity contribution >= 4 is 23.7 Å². The first kappa shape index (κ1) is 21.7. The minimum Gasteiger partial charge on any atom is -0.480 e. The van der Waals surface area contributed by atoms with Gasteiger partial charge in [0.25, 0.3) is 5.91 Å². The minimum absolute atomic E-state index is 0.0888. The predicted octanol–water partition coefficient (Wildman–Crippen LogP) is 3.47. The molecule has 2 heterocycles. The number of amides is 2. The van der Waals surface area contributed by atoms with Crippen molar-refractivity contribution < 1.29 is 24.2 Å². The maximum Gasteiger partial charge on any atom is 0.411 e. The van der Waals surface area contributed by atoms with Gasteiger partial charge in [0.15, 0.2) is 0 Å². The Hall–Kier alpha value is -4.14. The van der Waals surface area contributed by atoms with Gasteiger partial charge >= 0.3 is 12.1 Å². The van der Waals surface area contributed by atoms with Gasteiger partial charge in [-0.25, -0.2) is 9.59 Å². The number of carboxylic acid groups (broad SMARTS) is 1. The summed E-state index contributed by atoms with van der Waals surface area (Å²) in [5.41, 5.74) is 4.75. The summed E-state index contributed by atoms with van der Waals surface area (Å²) in [5, 5.41) is 16.1. The van der Waals surface area contributed by atoms with Crippen LogP contribution in [-0.4, -0.2) is 57.0 Å². The molecule has 2 aliphatic rings. The Morgan fingerprint density at radius 2 is 1.74 bits per heavy atom. The number of aryl methyl sites for hydroxylation is 1. The highest BCUT2D eigenvalue weighted by molar-refractivity contribution is 6.02. The van der Waals surface area contributed by atoms with E-state index in [0.29, 0.717) is 19.4 Å². The monoisotopic (exact) mass is 460 g/mol. The van der Waals surface area contributed by atoms with E-state index in [1.165, 1.54) is 15.8 Å². The van der Waals surface area contributed by atoms with Crippen LogP contribution in [0.1, 0.15) is 40.4 Å². The molecule has 1 aliphatic carbocycles. The van der Waals surface area contributed by atoms with Gasteiger partial charge in [-0.15, -0.1) is 0 Å². The molecule has 0 spiro atoms. The molecule has 34 heavy (non-hydrogen) atoms. The Bertz CT molecular complexity index is 1240. The van der Waals surface area contributed by atoms with Crippen LogP contribution < -0.4 is 5.32 Å². The third-order valence-corrected chi connectivity index (χ3v) is 6.52. The van der Waals surface area contributed by atoms with Crippen LogP contribution in [0.4, 0.5) is 10.5 Å². The zero-order chi connectivity index (χ0) is 23.8. The third kappa shape index (κ3) is 3.68. The van der Waals surface area contributed by atoms with Crippen LogP contribution in [0.3, 0.4) is 0 Å². The molecule has 3 aromatic rings. The van der Waals surface area contributed by atoms with Crippen LogP contribution in [0.25, 0.3) is 11.1 Å². The fourth-order valence-corrected chi connectivity index (χ4v) is 4.93. The highest BCUT2D eigenvalue weighted by atomic mass is 16.5. The minimum atomic E-state index is -1.04. The summed E-state index contributed by atoms with van der Waals surface area (Å²) in [6.07, 6.45) is 1.66. The normalized spacial score (nSPS) is 16.7. The summed E-state index contributed by atoms with van der Waals surface area (Å²) >= 11 is 0. The Morgan fingerprint density at radius 3 is 2.38 bits per heavy atom. The van der Waals surface area contributed by atoms with Gasteiger partial charge in [-0.2, -0.15) is 5.10 Å². The fraction of sp³-hybridized carbons (Fsp3) is 0.280. The molecule has 1 fully saturated rings. The molecular formula is C25H24N4O5. The standard InChI is InChI=1S/C25H24N4O5/c1-28-22(23(30)29-12-6-11-21(29)24(31)32)20(13-26-28)27-25(33)34-14-19-17-9-4-2-7-15(17)16-8-3-5-10-18(16)19/h2-5,7-10,13,19,21H,6,11-12,14H2,1H3,(H,27,33)(H,31,32)/t21-/m0/s1. The van der Waals surface area contributed by atoms with Gasteiger partial charge in [0.05, 0.1) is 11.9 Å². The molecule has 1 saturated heterocycles. The second-order valence-corrected chi connectivity index (χ2v) is 8.48. The molecule has 5 rings (SSSR count). The van der Waals surface area contributed by atoms with Crippen LogP contribution in [0.5, 0.6) is 0 Å². The average Bonchev–Trinajstić information content (AvgIpc) is 3.54. The zero-order valence-electron chi connectivity index (χ0n) is 18.6. The zero-order valence-corrected chi connectivity index (χ0v) is 18.6. The number of nitrogens with one attached hydrogen (secondary N) is 1. The quantitative estimate of drug-likeness (QED) is 0.603. The number of likely N-dealkylation sites (tertiary alicyclic amines) is 1. The average molecular weight is 460 g/mol. The van der Waals surface area contributed by atoms with Crippen LogP contribution in [0.2, 0.25) is 0 Å². The van der Waals surface area contributed by atoms with Gasteiger partial charge < -0.3 is 14.7 Å². The molecule has 1 aromatic heterocycles. The number of hydrogen-bond donors (Lipinski definition) is 2.